The van der Waals surface area contributed by atoms with E-state index in [-0.39, 0.29) is 19.1 Å². The molecule has 0 N–H and O–H groups in total. The number of esters is 1. The molecule has 0 fully saturated rings. The predicted molar refractivity (Wildman–Crippen MR) is 102 cm³/mol. The average molecular weight is 390 g/mol. The van der Waals surface area contributed by atoms with Gasteiger partial charge in [0.25, 0.3) is 5.91 Å². The van der Waals surface area contributed by atoms with Crippen LogP contribution in [-0.2, 0) is 19.1 Å². The molecule has 8 heteroatoms. The molecule has 0 radical (unpaired) electrons. The van der Waals surface area contributed by atoms with Gasteiger partial charge in [-0.15, -0.1) is 11.3 Å². The van der Waals surface area contributed by atoms with Gasteiger partial charge >= 0.3 is 5.97 Å². The monoisotopic (exact) mass is 390 g/mol. The molecule has 1 amide bonds. The van der Waals surface area contributed by atoms with E-state index in [4.69, 9.17) is 14.2 Å². The minimum Gasteiger partial charge on any atom is -0.479 e. The third-order valence-corrected chi connectivity index (χ3v) is 5.07. The molecule has 0 aliphatic carbocycles. The number of thiazole rings is 1. The zero-order chi connectivity index (χ0) is 19.6. The third-order valence-electron chi connectivity index (χ3n) is 4.18. The van der Waals surface area contributed by atoms with Crippen LogP contribution in [0.2, 0.25) is 0 Å². The fourth-order valence-corrected chi connectivity index (χ4v) is 3.77. The van der Waals surface area contributed by atoms with Gasteiger partial charge in [-0.25, -0.2) is 4.98 Å². The van der Waals surface area contributed by atoms with Gasteiger partial charge in [-0.1, -0.05) is 0 Å². The molecule has 1 aliphatic heterocycles. The summed E-state index contributed by atoms with van der Waals surface area (Å²) in [7, 11) is 1.53. The maximum atomic E-state index is 12.6. The standard InChI is InChI=1S/C19H22N2O5S/c1-11-19(23)21(10-17(22)25-8-7-24-4)15-9-14(5-6-16(15)26-11)18-12(2)27-13(3)20-18/h5-6,9,11H,7-8,10H2,1-4H3. The smallest absolute Gasteiger partial charge is 0.326 e. The Kier molecular flexibility index (Phi) is 5.76. The lowest BCUT2D eigenvalue weighted by Gasteiger charge is -2.32. The van der Waals surface area contributed by atoms with Crippen LogP contribution in [0.15, 0.2) is 18.2 Å². The first-order valence-electron chi connectivity index (χ1n) is 8.61. The van der Waals surface area contributed by atoms with Crippen LogP contribution in [0.5, 0.6) is 5.75 Å². The molecular formula is C19H22N2O5S. The highest BCUT2D eigenvalue weighted by molar-refractivity contribution is 7.11. The van der Waals surface area contributed by atoms with Gasteiger partial charge in [0.1, 0.15) is 18.9 Å². The summed E-state index contributed by atoms with van der Waals surface area (Å²) in [6.45, 7) is 5.90. The van der Waals surface area contributed by atoms with Crippen molar-refractivity contribution in [1.29, 1.82) is 0 Å². The molecule has 144 valence electrons. The number of benzene rings is 1. The van der Waals surface area contributed by atoms with Gasteiger partial charge < -0.3 is 14.2 Å². The molecule has 27 heavy (non-hydrogen) atoms. The van der Waals surface area contributed by atoms with Crippen molar-refractivity contribution in [3.63, 3.8) is 0 Å². The summed E-state index contributed by atoms with van der Waals surface area (Å²) < 4.78 is 15.7. The van der Waals surface area contributed by atoms with E-state index in [0.717, 1.165) is 21.1 Å². The van der Waals surface area contributed by atoms with Gasteiger partial charge in [-0.2, -0.15) is 0 Å². The lowest BCUT2D eigenvalue weighted by atomic mass is 10.1. The molecule has 0 saturated heterocycles. The number of hydrogen-bond donors (Lipinski definition) is 0. The summed E-state index contributed by atoms with van der Waals surface area (Å²) in [5.41, 5.74) is 2.29. The van der Waals surface area contributed by atoms with E-state index >= 15 is 0 Å². The second-order valence-corrected chi connectivity index (χ2v) is 7.63. The number of amides is 1. The second-order valence-electron chi connectivity index (χ2n) is 6.22. The Morgan fingerprint density at radius 2 is 2.11 bits per heavy atom. The quantitative estimate of drug-likeness (QED) is 0.558. The number of ether oxygens (including phenoxy) is 3. The van der Waals surface area contributed by atoms with Gasteiger partial charge in [0.05, 0.1) is 23.0 Å². The maximum absolute atomic E-state index is 12.6. The van der Waals surface area contributed by atoms with Crippen LogP contribution in [0, 0.1) is 13.8 Å². The van der Waals surface area contributed by atoms with Crippen LogP contribution >= 0.6 is 11.3 Å². The summed E-state index contributed by atoms with van der Waals surface area (Å²) in [4.78, 5) is 31.8. The molecule has 2 aromatic rings. The van der Waals surface area contributed by atoms with Gasteiger partial charge in [0, 0.05) is 17.6 Å². The van der Waals surface area contributed by atoms with E-state index in [1.807, 2.05) is 32.0 Å². The van der Waals surface area contributed by atoms with Gasteiger partial charge in [-0.05, 0) is 39.0 Å². The molecule has 1 aliphatic rings. The first-order chi connectivity index (χ1) is 12.9. The topological polar surface area (TPSA) is 78.0 Å². The highest BCUT2D eigenvalue weighted by atomic mass is 32.1. The van der Waals surface area contributed by atoms with E-state index in [0.29, 0.717) is 18.0 Å². The van der Waals surface area contributed by atoms with E-state index in [2.05, 4.69) is 4.98 Å². The van der Waals surface area contributed by atoms with Crippen molar-refractivity contribution in [2.45, 2.75) is 26.9 Å². The number of nitrogens with zero attached hydrogens (tertiary/aromatic N) is 2. The number of hydrogen-bond acceptors (Lipinski definition) is 7. The molecule has 3 rings (SSSR count). The fourth-order valence-electron chi connectivity index (χ4n) is 2.93. The molecule has 1 atom stereocenters. The van der Waals surface area contributed by atoms with Crippen molar-refractivity contribution >= 4 is 28.9 Å². The number of carbonyl (C=O) groups excluding carboxylic acids is 2. The average Bonchev–Trinajstić information content (AvgIpc) is 2.97. The second kappa shape index (κ2) is 8.06. The highest BCUT2D eigenvalue weighted by Crippen LogP contribution is 2.38. The molecule has 0 spiro atoms. The minimum absolute atomic E-state index is 0.146. The van der Waals surface area contributed by atoms with Crippen molar-refractivity contribution in [3.8, 4) is 17.0 Å². The molecule has 7 nitrogen and oxygen atoms in total. The minimum atomic E-state index is -0.668. The Hall–Kier alpha value is -2.45. The number of methoxy groups -OCH3 is 1. The third kappa shape index (κ3) is 4.12. The normalized spacial score (nSPS) is 16.1. The Balaban J connectivity index is 1.91. The van der Waals surface area contributed by atoms with E-state index in [1.165, 1.54) is 12.0 Å². The first kappa shape index (κ1) is 19.3. The van der Waals surface area contributed by atoms with Crippen LogP contribution in [0.4, 0.5) is 5.69 Å². The Bertz CT molecular complexity index is 864. The lowest BCUT2D eigenvalue weighted by molar-refractivity contribution is -0.144. The molecule has 2 heterocycles. The first-order valence-corrected chi connectivity index (χ1v) is 9.43. The summed E-state index contributed by atoms with van der Waals surface area (Å²) in [6.07, 6.45) is -0.668. The van der Waals surface area contributed by atoms with E-state index in [9.17, 15) is 9.59 Å². The zero-order valence-corrected chi connectivity index (χ0v) is 16.6. The summed E-state index contributed by atoms with van der Waals surface area (Å²) in [5, 5.41) is 0.972. The Morgan fingerprint density at radius 3 is 2.78 bits per heavy atom. The predicted octanol–water partition coefficient (Wildman–Crippen LogP) is 2.73. The summed E-state index contributed by atoms with van der Waals surface area (Å²) in [6, 6.07) is 5.56. The number of carbonyl (C=O) groups is 2. The summed E-state index contributed by atoms with van der Waals surface area (Å²) in [5.74, 6) is -0.221. The molecule has 1 aromatic heterocycles. The van der Waals surface area contributed by atoms with Gasteiger partial charge in [-0.3, -0.25) is 14.5 Å². The number of fused-ring (bicyclic) bond motifs is 1. The number of aryl methyl sites for hydroxylation is 2. The van der Waals surface area contributed by atoms with Crippen LogP contribution in [0.25, 0.3) is 11.3 Å². The number of rotatable bonds is 6. The molecule has 1 unspecified atom stereocenters. The Labute approximate surface area is 161 Å². The van der Waals surface area contributed by atoms with E-state index < -0.39 is 12.1 Å². The van der Waals surface area contributed by atoms with Gasteiger partial charge in [0.2, 0.25) is 0 Å². The van der Waals surface area contributed by atoms with Crippen LogP contribution in [0.3, 0.4) is 0 Å². The Morgan fingerprint density at radius 1 is 1.33 bits per heavy atom. The lowest BCUT2D eigenvalue weighted by Crippen LogP contribution is -2.47. The summed E-state index contributed by atoms with van der Waals surface area (Å²) >= 11 is 1.62. The molecular weight excluding hydrogens is 368 g/mol. The van der Waals surface area contributed by atoms with Gasteiger partial charge in [0.15, 0.2) is 6.10 Å². The van der Waals surface area contributed by atoms with Crippen molar-refractivity contribution < 1.29 is 23.8 Å². The van der Waals surface area contributed by atoms with E-state index in [1.54, 1.807) is 18.3 Å². The largest absolute Gasteiger partial charge is 0.479 e. The number of aromatic nitrogens is 1. The SMILES string of the molecule is COCCOC(=O)CN1C(=O)C(C)Oc2ccc(-c3nc(C)sc3C)cc21. The van der Waals surface area contributed by atoms with Crippen LogP contribution in [0.1, 0.15) is 16.8 Å². The van der Waals surface area contributed by atoms with Crippen molar-refractivity contribution in [1.82, 2.24) is 4.98 Å². The van der Waals surface area contributed by atoms with Crippen molar-refractivity contribution in [3.05, 3.63) is 28.1 Å². The maximum Gasteiger partial charge on any atom is 0.326 e. The highest BCUT2D eigenvalue weighted by Gasteiger charge is 2.33. The van der Waals surface area contributed by atoms with Crippen molar-refractivity contribution in [2.75, 3.05) is 31.8 Å². The molecule has 1 aromatic carbocycles. The zero-order valence-electron chi connectivity index (χ0n) is 15.8. The molecule has 0 bridgehead atoms. The van der Waals surface area contributed by atoms with Crippen molar-refractivity contribution in [2.24, 2.45) is 0 Å². The molecule has 0 saturated carbocycles. The van der Waals surface area contributed by atoms with Crippen LogP contribution < -0.4 is 9.64 Å². The number of anilines is 1. The fraction of sp³-hybridized carbons (Fsp3) is 0.421. The van der Waals surface area contributed by atoms with Crippen LogP contribution in [-0.4, -0.2) is 49.8 Å².